The number of carbonyl (C=O) groups is 5. The molecule has 3 N–H and O–H groups in total. The molecule has 5 amide bonds. The molecule has 1 unspecified atom stereocenters. The second kappa shape index (κ2) is 12.6. The van der Waals surface area contributed by atoms with Gasteiger partial charge in [0.05, 0.1) is 6.61 Å². The lowest BCUT2D eigenvalue weighted by molar-refractivity contribution is -0.153. The first-order valence-electron chi connectivity index (χ1n) is 13.1. The number of likely N-dealkylation sites (N-methyl/N-ethyl adjacent to an activating group) is 1. The summed E-state index contributed by atoms with van der Waals surface area (Å²) in [5.41, 5.74) is 1.35. The lowest BCUT2D eigenvalue weighted by Gasteiger charge is -2.33. The second-order valence-corrected chi connectivity index (χ2v) is 9.37. The van der Waals surface area contributed by atoms with Gasteiger partial charge < -0.3 is 29.9 Å². The summed E-state index contributed by atoms with van der Waals surface area (Å²) in [5, 5.41) is 16.0. The number of fused-ring (bicyclic) bond motifs is 1. The third-order valence-electron chi connectivity index (χ3n) is 6.85. The molecule has 0 aromatic heterocycles. The third kappa shape index (κ3) is 6.09. The van der Waals surface area contributed by atoms with Crippen molar-refractivity contribution < 1.29 is 38.4 Å². The summed E-state index contributed by atoms with van der Waals surface area (Å²) in [6, 6.07) is 11.4. The van der Waals surface area contributed by atoms with Gasteiger partial charge in [0.15, 0.2) is 0 Å². The van der Waals surface area contributed by atoms with E-state index in [2.05, 4.69) is 10.6 Å². The zero-order chi connectivity index (χ0) is 28.8. The molecule has 1 fully saturated rings. The van der Waals surface area contributed by atoms with Gasteiger partial charge in [-0.15, -0.1) is 0 Å². The van der Waals surface area contributed by atoms with Crippen LogP contribution in [0.25, 0.3) is 0 Å². The molecule has 0 aliphatic carbocycles. The number of nitrogens with zero attached hydrogens (tertiary/aromatic N) is 2. The standard InChI is InChI=1S/C27H31BN4O8/c1-3-31-13-14-32(25(35)24(31)34)27(37)30-21(17-9-6-5-7-10-17)23(33)29-16-19-15-18-11-8-12-20(26(36)39-4-2)22(18)40-28(19)38/h5-12,19,21,38H,3-4,13-16H2,1-2H3,(H,29,33)(H,30,37)/t19-,21?/m1/s1. The van der Waals surface area contributed by atoms with Crippen LogP contribution in [0.15, 0.2) is 48.5 Å². The van der Waals surface area contributed by atoms with Gasteiger partial charge in [-0.05, 0) is 37.5 Å². The largest absolute Gasteiger partial charge is 0.535 e. The predicted molar refractivity (Wildman–Crippen MR) is 143 cm³/mol. The van der Waals surface area contributed by atoms with Crippen LogP contribution in [0.1, 0.15) is 41.4 Å². The van der Waals surface area contributed by atoms with Crippen molar-refractivity contribution in [1.29, 1.82) is 0 Å². The van der Waals surface area contributed by atoms with Gasteiger partial charge in [0, 0.05) is 32.0 Å². The van der Waals surface area contributed by atoms with E-state index in [1.165, 1.54) is 4.90 Å². The Morgan fingerprint density at radius 3 is 2.52 bits per heavy atom. The van der Waals surface area contributed by atoms with E-state index in [1.807, 2.05) is 0 Å². The summed E-state index contributed by atoms with van der Waals surface area (Å²) >= 11 is 0. The Morgan fingerprint density at radius 1 is 1.07 bits per heavy atom. The van der Waals surface area contributed by atoms with Crippen LogP contribution in [-0.4, -0.2) is 84.5 Å². The summed E-state index contributed by atoms with van der Waals surface area (Å²) in [5.74, 6) is -3.18. The topological polar surface area (TPSA) is 155 Å². The van der Waals surface area contributed by atoms with Crippen molar-refractivity contribution in [2.24, 2.45) is 0 Å². The zero-order valence-corrected chi connectivity index (χ0v) is 22.3. The van der Waals surface area contributed by atoms with Crippen molar-refractivity contribution in [2.75, 3.05) is 32.8 Å². The first kappa shape index (κ1) is 28.6. The fraction of sp³-hybridized carbons (Fsp3) is 0.370. The molecule has 12 nitrogen and oxygen atoms in total. The summed E-state index contributed by atoms with van der Waals surface area (Å²) < 4.78 is 10.7. The molecule has 2 heterocycles. The number of amides is 5. The zero-order valence-electron chi connectivity index (χ0n) is 22.3. The molecule has 13 heteroatoms. The maximum Gasteiger partial charge on any atom is 0.528 e. The predicted octanol–water partition coefficient (Wildman–Crippen LogP) is 0.907. The normalized spacial score (nSPS) is 17.5. The first-order chi connectivity index (χ1) is 19.2. The number of esters is 1. The van der Waals surface area contributed by atoms with Crippen LogP contribution in [0, 0.1) is 0 Å². The number of hydrogen-bond acceptors (Lipinski definition) is 8. The number of benzene rings is 2. The van der Waals surface area contributed by atoms with E-state index in [-0.39, 0.29) is 37.6 Å². The monoisotopic (exact) mass is 550 g/mol. The van der Waals surface area contributed by atoms with E-state index in [1.54, 1.807) is 62.4 Å². The van der Waals surface area contributed by atoms with Gasteiger partial charge in [-0.25, -0.2) is 9.59 Å². The molecule has 4 rings (SSSR count). The number of urea groups is 1. The van der Waals surface area contributed by atoms with Gasteiger partial charge in [0.1, 0.15) is 17.4 Å². The molecule has 0 saturated carbocycles. The molecule has 1 saturated heterocycles. The number of hydrogen-bond donors (Lipinski definition) is 3. The summed E-state index contributed by atoms with van der Waals surface area (Å²) in [7, 11) is -1.31. The third-order valence-corrected chi connectivity index (χ3v) is 6.85. The van der Waals surface area contributed by atoms with Crippen molar-refractivity contribution in [1.82, 2.24) is 20.4 Å². The van der Waals surface area contributed by atoms with Gasteiger partial charge >= 0.3 is 30.9 Å². The second-order valence-electron chi connectivity index (χ2n) is 9.37. The van der Waals surface area contributed by atoms with Gasteiger partial charge in [0.25, 0.3) is 0 Å². The smallest absolute Gasteiger partial charge is 0.528 e. The fourth-order valence-electron chi connectivity index (χ4n) is 4.68. The van der Waals surface area contributed by atoms with E-state index in [0.717, 1.165) is 4.90 Å². The summed E-state index contributed by atoms with van der Waals surface area (Å²) in [6.45, 7) is 4.18. The Balaban J connectivity index is 1.45. The maximum atomic E-state index is 13.3. The number of rotatable bonds is 8. The van der Waals surface area contributed by atoms with Crippen molar-refractivity contribution in [3.8, 4) is 5.75 Å². The minimum Gasteiger partial charge on any atom is -0.535 e. The molecule has 0 spiro atoms. The maximum absolute atomic E-state index is 13.3. The van der Waals surface area contributed by atoms with Crippen LogP contribution >= 0.6 is 0 Å². The van der Waals surface area contributed by atoms with Crippen LogP contribution in [0.2, 0.25) is 5.82 Å². The van der Waals surface area contributed by atoms with E-state index >= 15 is 0 Å². The number of imide groups is 1. The van der Waals surface area contributed by atoms with E-state index in [9.17, 15) is 29.0 Å². The number of ether oxygens (including phenoxy) is 1. The van der Waals surface area contributed by atoms with Crippen molar-refractivity contribution >= 4 is 36.8 Å². The molecule has 2 aromatic rings. The molecule has 2 atom stereocenters. The molecule has 0 radical (unpaired) electrons. The Morgan fingerprint density at radius 2 is 1.82 bits per heavy atom. The highest BCUT2D eigenvalue weighted by molar-refractivity contribution is 6.46. The number of para-hydroxylation sites is 1. The van der Waals surface area contributed by atoms with Gasteiger partial charge in [-0.3, -0.25) is 19.3 Å². The molecule has 2 aliphatic heterocycles. The molecule has 2 aliphatic rings. The van der Waals surface area contributed by atoms with Gasteiger partial charge in [-0.1, -0.05) is 42.5 Å². The molecule has 210 valence electrons. The van der Waals surface area contributed by atoms with Crippen molar-refractivity contribution in [3.05, 3.63) is 65.2 Å². The molecular formula is C27H31BN4O8. The van der Waals surface area contributed by atoms with Crippen molar-refractivity contribution in [2.45, 2.75) is 32.1 Å². The van der Waals surface area contributed by atoms with Crippen LogP contribution < -0.4 is 15.3 Å². The Kier molecular flexibility index (Phi) is 9.05. The lowest BCUT2D eigenvalue weighted by atomic mass is 9.66. The Hall–Kier alpha value is -4.39. The Bertz CT molecular complexity index is 1290. The van der Waals surface area contributed by atoms with Crippen molar-refractivity contribution in [3.63, 3.8) is 0 Å². The average molecular weight is 550 g/mol. The van der Waals surface area contributed by atoms with Crippen LogP contribution in [-0.2, 0) is 25.5 Å². The molecule has 2 aromatic carbocycles. The van der Waals surface area contributed by atoms with Gasteiger partial charge in [0.2, 0.25) is 5.91 Å². The van der Waals surface area contributed by atoms with Crippen LogP contribution in [0.5, 0.6) is 5.75 Å². The molecular weight excluding hydrogens is 519 g/mol. The fourth-order valence-corrected chi connectivity index (χ4v) is 4.68. The number of carbonyl (C=O) groups excluding carboxylic acids is 5. The number of nitrogens with one attached hydrogen (secondary N) is 2. The highest BCUT2D eigenvalue weighted by Gasteiger charge is 2.39. The quantitative estimate of drug-likeness (QED) is 0.249. The minimum absolute atomic E-state index is 0.00509. The van der Waals surface area contributed by atoms with Gasteiger partial charge in [-0.2, -0.15) is 0 Å². The Labute approximate surface area is 231 Å². The molecule has 0 bridgehead atoms. The van der Waals surface area contributed by atoms with Crippen LogP contribution in [0.3, 0.4) is 0 Å². The SMILES string of the molecule is CCOC(=O)c1cccc2c1OB(O)[C@@H](CNC(=O)C(NC(=O)N1CCN(CC)C(=O)C1=O)c1ccccc1)C2. The summed E-state index contributed by atoms with van der Waals surface area (Å²) in [4.78, 5) is 65.5. The van der Waals surface area contributed by atoms with E-state index in [4.69, 9.17) is 9.39 Å². The highest BCUT2D eigenvalue weighted by Crippen LogP contribution is 2.35. The lowest BCUT2D eigenvalue weighted by Crippen LogP contribution is -2.59. The first-order valence-corrected chi connectivity index (χ1v) is 13.1. The number of piperazine rings is 1. The highest BCUT2D eigenvalue weighted by atomic mass is 16.5. The average Bonchev–Trinajstić information content (AvgIpc) is 2.96. The van der Waals surface area contributed by atoms with E-state index < -0.39 is 48.7 Å². The minimum atomic E-state index is -1.31. The summed E-state index contributed by atoms with van der Waals surface area (Å²) in [6.07, 6.45) is 0.310. The molecule has 40 heavy (non-hydrogen) atoms. The van der Waals surface area contributed by atoms with E-state index in [0.29, 0.717) is 24.1 Å². The van der Waals surface area contributed by atoms with Crippen LogP contribution in [0.4, 0.5) is 4.79 Å².